The van der Waals surface area contributed by atoms with Gasteiger partial charge in [0.25, 0.3) is 5.91 Å². The van der Waals surface area contributed by atoms with Gasteiger partial charge >= 0.3 is 5.69 Å². The van der Waals surface area contributed by atoms with E-state index in [1.54, 1.807) is 30.3 Å². The molecule has 1 aromatic heterocycles. The Morgan fingerprint density at radius 2 is 1.48 bits per heavy atom. The van der Waals surface area contributed by atoms with Crippen LogP contribution in [-0.2, 0) is 4.74 Å². The number of benzene rings is 1. The molecule has 8 nitrogen and oxygen atoms in total. The monoisotopic (exact) mass is 586 g/mol. The first kappa shape index (κ1) is 33.9. The molecule has 1 aliphatic heterocycles. The standard InChI is InChI=1S/C33H51FN4O4/c1-2-3-4-5-6-7-8-9-10-11-12-13-14-15-19-23-35-25-27-30(39)29(34)32(42-27)38-24-22-28(37-33(38)41)36-31(40)26-20-17-16-18-21-26/h16-18,20-22,24,27,29-30,32,35,39H,2-15,19,23,25H2,1H3,(H,36,37,40,41)/t27-,29-,30-,32-/m1/s1. The second-order valence-electron chi connectivity index (χ2n) is 11.5. The van der Waals surface area contributed by atoms with Gasteiger partial charge in [0, 0.05) is 18.3 Å². The molecule has 9 heteroatoms. The molecular weight excluding hydrogens is 535 g/mol. The number of hydrogen-bond acceptors (Lipinski definition) is 6. The summed E-state index contributed by atoms with van der Waals surface area (Å²) in [6.07, 6.45) is 15.8. The van der Waals surface area contributed by atoms with Gasteiger partial charge < -0.3 is 20.5 Å². The highest BCUT2D eigenvalue weighted by Gasteiger charge is 2.45. The number of hydrogen-bond donors (Lipinski definition) is 3. The fourth-order valence-electron chi connectivity index (χ4n) is 5.42. The van der Waals surface area contributed by atoms with Gasteiger partial charge in [-0.05, 0) is 31.2 Å². The Kier molecular flexibility index (Phi) is 15.8. The number of unbranched alkanes of at least 4 members (excludes halogenated alkanes) is 14. The highest BCUT2D eigenvalue weighted by molar-refractivity contribution is 6.03. The fourth-order valence-corrected chi connectivity index (χ4v) is 5.42. The van der Waals surface area contributed by atoms with Crippen molar-refractivity contribution in [3.63, 3.8) is 0 Å². The number of carbonyl (C=O) groups is 1. The third-order valence-corrected chi connectivity index (χ3v) is 7.98. The first-order chi connectivity index (χ1) is 20.5. The summed E-state index contributed by atoms with van der Waals surface area (Å²) in [5.41, 5.74) is -0.346. The molecule has 3 rings (SSSR count). The molecule has 0 aliphatic carbocycles. The van der Waals surface area contributed by atoms with Crippen LogP contribution >= 0.6 is 0 Å². The molecule has 4 atom stereocenters. The molecule has 2 aromatic rings. The Morgan fingerprint density at radius 3 is 2.05 bits per heavy atom. The molecule has 0 unspecified atom stereocenters. The van der Waals surface area contributed by atoms with Gasteiger partial charge in [-0.2, -0.15) is 4.98 Å². The van der Waals surface area contributed by atoms with E-state index >= 15 is 0 Å². The topological polar surface area (TPSA) is 105 Å². The van der Waals surface area contributed by atoms with Crippen LogP contribution in [0.25, 0.3) is 0 Å². The van der Waals surface area contributed by atoms with Crippen LogP contribution in [0, 0.1) is 0 Å². The summed E-state index contributed by atoms with van der Waals surface area (Å²) in [6.45, 7) is 3.33. The first-order valence-corrected chi connectivity index (χ1v) is 16.1. The molecule has 0 bridgehead atoms. The molecular formula is C33H51FN4O4. The normalized spacial score (nSPS) is 20.2. The quantitative estimate of drug-likeness (QED) is 0.143. The van der Waals surface area contributed by atoms with Crippen LogP contribution in [0.15, 0.2) is 47.4 Å². The van der Waals surface area contributed by atoms with Gasteiger partial charge in [-0.3, -0.25) is 9.36 Å². The SMILES string of the molecule is CCCCCCCCCCCCCCCCCNC[C@H]1O[C@@H](n2ccc(NC(=O)c3ccccc3)nc2=O)[C@H](F)[C@@H]1O. The fraction of sp³-hybridized carbons (Fsp3) is 0.667. The zero-order valence-corrected chi connectivity index (χ0v) is 25.3. The lowest BCUT2D eigenvalue weighted by molar-refractivity contribution is -0.0257. The number of aliphatic hydroxyl groups is 1. The number of halogens is 1. The number of nitrogens with zero attached hydrogens (tertiary/aromatic N) is 2. The zero-order valence-electron chi connectivity index (χ0n) is 25.3. The van der Waals surface area contributed by atoms with Gasteiger partial charge in [0.2, 0.25) is 0 Å². The summed E-state index contributed by atoms with van der Waals surface area (Å²) < 4.78 is 21.6. The number of rotatable bonds is 21. The van der Waals surface area contributed by atoms with Crippen LogP contribution in [-0.4, -0.2) is 52.0 Å². The maximum absolute atomic E-state index is 14.9. The minimum Gasteiger partial charge on any atom is -0.387 e. The van der Waals surface area contributed by atoms with Crippen molar-refractivity contribution >= 4 is 11.7 Å². The number of carbonyl (C=O) groups excluding carboxylic acids is 1. The highest BCUT2D eigenvalue weighted by Crippen LogP contribution is 2.30. The molecule has 42 heavy (non-hydrogen) atoms. The number of anilines is 1. The average Bonchev–Trinajstić information content (AvgIpc) is 3.27. The van der Waals surface area contributed by atoms with Gasteiger partial charge in [-0.1, -0.05) is 115 Å². The van der Waals surface area contributed by atoms with E-state index in [0.717, 1.165) is 24.0 Å². The van der Waals surface area contributed by atoms with Crippen molar-refractivity contribution in [3.05, 3.63) is 58.6 Å². The van der Waals surface area contributed by atoms with Gasteiger partial charge in [0.15, 0.2) is 12.4 Å². The molecule has 2 heterocycles. The second kappa shape index (κ2) is 19.5. The van der Waals surface area contributed by atoms with Gasteiger partial charge in [0.1, 0.15) is 18.0 Å². The average molecular weight is 587 g/mol. The van der Waals surface area contributed by atoms with Crippen molar-refractivity contribution in [2.24, 2.45) is 0 Å². The predicted octanol–water partition coefficient (Wildman–Crippen LogP) is 6.55. The lowest BCUT2D eigenvalue weighted by atomic mass is 10.0. The van der Waals surface area contributed by atoms with Crippen molar-refractivity contribution in [1.29, 1.82) is 0 Å². The molecule has 1 fully saturated rings. The van der Waals surface area contributed by atoms with E-state index in [9.17, 15) is 19.1 Å². The summed E-state index contributed by atoms with van der Waals surface area (Å²) in [5.74, 6) is -0.350. The number of amides is 1. The van der Waals surface area contributed by atoms with Gasteiger partial charge in [0.05, 0.1) is 0 Å². The maximum Gasteiger partial charge on any atom is 0.351 e. The number of ether oxygens (including phenoxy) is 1. The van der Waals surface area contributed by atoms with Crippen LogP contribution in [0.4, 0.5) is 10.2 Å². The molecule has 0 saturated carbocycles. The molecule has 1 aromatic carbocycles. The summed E-state index contributed by atoms with van der Waals surface area (Å²) in [4.78, 5) is 28.8. The summed E-state index contributed by atoms with van der Waals surface area (Å²) >= 11 is 0. The van der Waals surface area contributed by atoms with Crippen LogP contribution < -0.4 is 16.3 Å². The smallest absolute Gasteiger partial charge is 0.351 e. The Balaban J connectivity index is 1.25. The van der Waals surface area contributed by atoms with E-state index < -0.39 is 36.2 Å². The van der Waals surface area contributed by atoms with Crippen LogP contribution in [0.2, 0.25) is 0 Å². The summed E-state index contributed by atoms with van der Waals surface area (Å²) in [6, 6.07) is 9.96. The Bertz CT molecular complexity index is 1080. The molecule has 234 valence electrons. The minimum atomic E-state index is -1.77. The lowest BCUT2D eigenvalue weighted by Gasteiger charge is -2.16. The van der Waals surface area contributed by atoms with E-state index in [1.165, 1.54) is 95.7 Å². The lowest BCUT2D eigenvalue weighted by Crippen LogP contribution is -2.37. The van der Waals surface area contributed by atoms with Crippen molar-refractivity contribution in [3.8, 4) is 0 Å². The molecule has 0 radical (unpaired) electrons. The first-order valence-electron chi connectivity index (χ1n) is 16.1. The highest BCUT2D eigenvalue weighted by atomic mass is 19.1. The minimum absolute atomic E-state index is 0.0563. The molecule has 0 spiro atoms. The van der Waals surface area contributed by atoms with Crippen molar-refractivity contribution in [2.75, 3.05) is 18.4 Å². The van der Waals surface area contributed by atoms with Crippen molar-refractivity contribution in [2.45, 2.75) is 128 Å². The number of alkyl halides is 1. The van der Waals surface area contributed by atoms with Crippen LogP contribution in [0.1, 0.15) is 120 Å². The van der Waals surface area contributed by atoms with Crippen molar-refractivity contribution in [1.82, 2.24) is 14.9 Å². The van der Waals surface area contributed by atoms with Crippen molar-refractivity contribution < 1.29 is 19.0 Å². The third-order valence-electron chi connectivity index (χ3n) is 7.98. The second-order valence-corrected chi connectivity index (χ2v) is 11.5. The molecule has 3 N–H and O–H groups in total. The van der Waals surface area contributed by atoms with Crippen LogP contribution in [0.5, 0.6) is 0 Å². The third kappa shape index (κ3) is 11.6. The van der Waals surface area contributed by atoms with E-state index in [-0.39, 0.29) is 5.82 Å². The molecule has 1 saturated heterocycles. The molecule has 1 aliphatic rings. The summed E-state index contributed by atoms with van der Waals surface area (Å²) in [7, 11) is 0. The number of aliphatic hydroxyl groups excluding tert-OH is 1. The largest absolute Gasteiger partial charge is 0.387 e. The number of aromatic nitrogens is 2. The van der Waals surface area contributed by atoms with E-state index in [4.69, 9.17) is 4.74 Å². The van der Waals surface area contributed by atoms with Crippen LogP contribution in [0.3, 0.4) is 0 Å². The Morgan fingerprint density at radius 1 is 0.905 bits per heavy atom. The van der Waals surface area contributed by atoms with Gasteiger partial charge in [-0.25, -0.2) is 9.18 Å². The zero-order chi connectivity index (χ0) is 30.0. The Hall–Kier alpha value is -2.62. The Labute approximate surface area is 250 Å². The van der Waals surface area contributed by atoms with E-state index in [1.807, 2.05) is 0 Å². The summed E-state index contributed by atoms with van der Waals surface area (Å²) in [5, 5.41) is 16.2. The molecule has 1 amide bonds. The van der Waals surface area contributed by atoms with Gasteiger partial charge in [-0.15, -0.1) is 0 Å². The van der Waals surface area contributed by atoms with E-state index in [0.29, 0.717) is 12.1 Å². The van der Waals surface area contributed by atoms with E-state index in [2.05, 4.69) is 22.5 Å². The predicted molar refractivity (Wildman–Crippen MR) is 166 cm³/mol. The maximum atomic E-state index is 14.9. The number of nitrogens with one attached hydrogen (secondary N) is 2.